The van der Waals surface area contributed by atoms with Crippen LogP contribution < -0.4 is 5.32 Å². The summed E-state index contributed by atoms with van der Waals surface area (Å²) in [6, 6.07) is 8.97. The number of carbonyl (C=O) groups is 2. The van der Waals surface area contributed by atoms with Crippen molar-refractivity contribution in [3.8, 4) is 0 Å². The summed E-state index contributed by atoms with van der Waals surface area (Å²) in [4.78, 5) is 23.2. The van der Waals surface area contributed by atoms with E-state index in [1.54, 1.807) is 0 Å². The van der Waals surface area contributed by atoms with Gasteiger partial charge in [-0.2, -0.15) is 0 Å². The van der Waals surface area contributed by atoms with Crippen molar-refractivity contribution in [2.75, 3.05) is 11.9 Å². The van der Waals surface area contributed by atoms with E-state index in [0.717, 1.165) is 18.2 Å². The molecule has 0 unspecified atom stereocenters. The number of benzene rings is 2. The summed E-state index contributed by atoms with van der Waals surface area (Å²) < 4.78 is 30.4. The minimum atomic E-state index is -0.736. The lowest BCUT2D eigenvalue weighted by Crippen LogP contribution is -2.20. The number of hydrogen-bond donors (Lipinski definition) is 1. The molecule has 0 radical (unpaired) electrons. The van der Waals surface area contributed by atoms with E-state index in [-0.39, 0.29) is 16.5 Å². The lowest BCUT2D eigenvalue weighted by molar-refractivity contribution is -0.142. The monoisotopic (exact) mass is 351 g/mol. The third-order valence-corrected chi connectivity index (χ3v) is 3.15. The number of rotatable bonds is 5. The van der Waals surface area contributed by atoms with E-state index < -0.39 is 24.3 Å². The zero-order valence-electron chi connectivity index (χ0n) is 12.3. The zero-order chi connectivity index (χ0) is 17.5. The number of hydrogen-bond acceptors (Lipinski definition) is 3. The summed E-state index contributed by atoms with van der Waals surface area (Å²) in [6.45, 7) is -0.527. The predicted octanol–water partition coefficient (Wildman–Crippen LogP) is 3.81. The predicted molar refractivity (Wildman–Crippen MR) is 86.4 cm³/mol. The number of esters is 1. The van der Waals surface area contributed by atoms with Crippen molar-refractivity contribution >= 4 is 35.2 Å². The maximum absolute atomic E-state index is 12.9. The first kappa shape index (κ1) is 17.6. The number of halogens is 3. The lowest BCUT2D eigenvalue weighted by atomic mass is 10.2. The Morgan fingerprint density at radius 1 is 1.08 bits per heavy atom. The van der Waals surface area contributed by atoms with Crippen LogP contribution >= 0.6 is 11.6 Å². The fourth-order valence-electron chi connectivity index (χ4n) is 1.70. The first-order valence-corrected chi connectivity index (χ1v) is 7.17. The van der Waals surface area contributed by atoms with Gasteiger partial charge in [0.25, 0.3) is 5.91 Å². The number of amides is 1. The molecule has 0 saturated carbocycles. The molecule has 2 rings (SSSR count). The van der Waals surface area contributed by atoms with Gasteiger partial charge in [-0.1, -0.05) is 23.7 Å². The average Bonchev–Trinajstić information content (AvgIpc) is 2.55. The van der Waals surface area contributed by atoms with Crippen molar-refractivity contribution in [2.24, 2.45) is 0 Å². The fraction of sp³-hybridized carbons (Fsp3) is 0.0588. The molecule has 0 aliphatic heterocycles. The van der Waals surface area contributed by atoms with Crippen molar-refractivity contribution in [1.82, 2.24) is 0 Å². The van der Waals surface area contributed by atoms with Crippen LogP contribution in [0.2, 0.25) is 5.02 Å². The second kappa shape index (κ2) is 8.21. The number of carbonyl (C=O) groups excluding carboxylic acids is 2. The molecule has 7 heteroatoms. The van der Waals surface area contributed by atoms with Crippen LogP contribution in [0.15, 0.2) is 48.5 Å². The van der Waals surface area contributed by atoms with Gasteiger partial charge in [0, 0.05) is 6.08 Å². The fourth-order valence-corrected chi connectivity index (χ4v) is 1.91. The Morgan fingerprint density at radius 2 is 1.75 bits per heavy atom. The maximum atomic E-state index is 12.9. The van der Waals surface area contributed by atoms with Gasteiger partial charge >= 0.3 is 5.97 Å². The molecule has 24 heavy (non-hydrogen) atoms. The Balaban J connectivity index is 1.82. The summed E-state index contributed by atoms with van der Waals surface area (Å²) in [5.41, 5.74) is 0.817. The normalized spacial score (nSPS) is 10.6. The Labute approximate surface area is 141 Å². The third-order valence-electron chi connectivity index (χ3n) is 2.83. The molecule has 0 heterocycles. The van der Waals surface area contributed by atoms with Gasteiger partial charge in [0.05, 0.1) is 10.7 Å². The number of nitrogens with one attached hydrogen (secondary N) is 1. The van der Waals surface area contributed by atoms with Crippen molar-refractivity contribution in [3.05, 3.63) is 70.8 Å². The van der Waals surface area contributed by atoms with Gasteiger partial charge in [0.2, 0.25) is 0 Å². The molecule has 1 N–H and O–H groups in total. The molecule has 0 spiro atoms. The number of ether oxygens (including phenoxy) is 1. The molecule has 0 aliphatic rings. The molecule has 0 aromatic heterocycles. The van der Waals surface area contributed by atoms with E-state index in [4.69, 9.17) is 16.3 Å². The standard InChI is InChI=1S/C17H12ClF2NO3/c18-14-9-13(20)6-7-15(14)21-16(22)10-24-17(23)8-3-11-1-4-12(19)5-2-11/h1-9H,10H2,(H,21,22)/b8-3+. The highest BCUT2D eigenvalue weighted by Gasteiger charge is 2.08. The number of anilines is 1. The summed E-state index contributed by atoms with van der Waals surface area (Å²) >= 11 is 5.76. The Morgan fingerprint density at radius 3 is 2.42 bits per heavy atom. The molecular weight excluding hydrogens is 340 g/mol. The second-order valence-corrected chi connectivity index (χ2v) is 5.07. The summed E-state index contributed by atoms with van der Waals surface area (Å²) in [7, 11) is 0. The van der Waals surface area contributed by atoms with Crippen LogP contribution in [-0.4, -0.2) is 18.5 Å². The topological polar surface area (TPSA) is 55.4 Å². The van der Waals surface area contributed by atoms with Crippen LogP contribution in [0.3, 0.4) is 0 Å². The van der Waals surface area contributed by atoms with Crippen molar-refractivity contribution in [1.29, 1.82) is 0 Å². The molecule has 2 aromatic rings. The minimum Gasteiger partial charge on any atom is -0.452 e. The molecule has 0 aliphatic carbocycles. The molecule has 124 valence electrons. The Bertz CT molecular complexity index is 776. The maximum Gasteiger partial charge on any atom is 0.331 e. The highest BCUT2D eigenvalue weighted by Crippen LogP contribution is 2.22. The van der Waals surface area contributed by atoms with Gasteiger partial charge in [-0.3, -0.25) is 4.79 Å². The summed E-state index contributed by atoms with van der Waals surface area (Å²) in [5.74, 6) is -2.27. The van der Waals surface area contributed by atoms with E-state index in [2.05, 4.69) is 5.32 Å². The van der Waals surface area contributed by atoms with Crippen molar-refractivity contribution < 1.29 is 23.1 Å². The molecule has 0 fully saturated rings. The van der Waals surface area contributed by atoms with Crippen LogP contribution in [0.5, 0.6) is 0 Å². The van der Waals surface area contributed by atoms with Gasteiger partial charge in [0.15, 0.2) is 6.61 Å². The summed E-state index contributed by atoms with van der Waals surface area (Å²) in [5, 5.41) is 2.43. The molecular formula is C17H12ClF2NO3. The van der Waals surface area contributed by atoms with Gasteiger partial charge in [-0.15, -0.1) is 0 Å². The average molecular weight is 352 g/mol. The first-order valence-electron chi connectivity index (χ1n) is 6.79. The SMILES string of the molecule is O=C(COC(=O)/C=C/c1ccc(F)cc1)Nc1ccc(F)cc1Cl. The van der Waals surface area contributed by atoms with E-state index >= 15 is 0 Å². The van der Waals surface area contributed by atoms with Crippen molar-refractivity contribution in [2.45, 2.75) is 0 Å². The van der Waals surface area contributed by atoms with Gasteiger partial charge in [-0.05, 0) is 42.0 Å². The zero-order valence-corrected chi connectivity index (χ0v) is 13.0. The Kier molecular flexibility index (Phi) is 6.03. The smallest absolute Gasteiger partial charge is 0.331 e. The first-order chi connectivity index (χ1) is 11.4. The second-order valence-electron chi connectivity index (χ2n) is 4.66. The third kappa shape index (κ3) is 5.48. The molecule has 0 bridgehead atoms. The lowest BCUT2D eigenvalue weighted by Gasteiger charge is -2.07. The Hall–Kier alpha value is -2.73. The summed E-state index contributed by atoms with van der Waals surface area (Å²) in [6.07, 6.45) is 2.54. The molecule has 1 amide bonds. The van der Waals surface area contributed by atoms with E-state index in [9.17, 15) is 18.4 Å². The van der Waals surface area contributed by atoms with E-state index in [1.807, 2.05) is 0 Å². The van der Waals surface area contributed by atoms with Crippen LogP contribution in [0.1, 0.15) is 5.56 Å². The quantitative estimate of drug-likeness (QED) is 0.658. The van der Waals surface area contributed by atoms with E-state index in [0.29, 0.717) is 5.56 Å². The highest BCUT2D eigenvalue weighted by atomic mass is 35.5. The van der Waals surface area contributed by atoms with E-state index in [1.165, 1.54) is 36.4 Å². The molecule has 2 aromatic carbocycles. The largest absolute Gasteiger partial charge is 0.452 e. The minimum absolute atomic E-state index is 0.0332. The van der Waals surface area contributed by atoms with Crippen LogP contribution in [0.4, 0.5) is 14.5 Å². The molecule has 4 nitrogen and oxygen atoms in total. The van der Waals surface area contributed by atoms with Crippen LogP contribution in [0.25, 0.3) is 6.08 Å². The molecule has 0 saturated heterocycles. The van der Waals surface area contributed by atoms with Crippen molar-refractivity contribution in [3.63, 3.8) is 0 Å². The van der Waals surface area contributed by atoms with Crippen LogP contribution in [-0.2, 0) is 14.3 Å². The van der Waals surface area contributed by atoms with Gasteiger partial charge in [-0.25, -0.2) is 13.6 Å². The van der Waals surface area contributed by atoms with Gasteiger partial charge in [0.1, 0.15) is 11.6 Å². The van der Waals surface area contributed by atoms with Gasteiger partial charge < -0.3 is 10.1 Å². The highest BCUT2D eigenvalue weighted by molar-refractivity contribution is 6.33. The van der Waals surface area contributed by atoms with Crippen LogP contribution in [0, 0.1) is 11.6 Å². The molecule has 0 atom stereocenters.